The summed E-state index contributed by atoms with van der Waals surface area (Å²) in [7, 11) is 1.79. The Morgan fingerprint density at radius 2 is 1.58 bits per heavy atom. The molecule has 2 fully saturated rings. The summed E-state index contributed by atoms with van der Waals surface area (Å²) in [5.41, 5.74) is 0.768. The minimum atomic E-state index is 0.768. The highest BCUT2D eigenvalue weighted by Crippen LogP contribution is 2.53. The van der Waals surface area contributed by atoms with Gasteiger partial charge in [0.05, 0.1) is 6.61 Å². The van der Waals surface area contributed by atoms with E-state index in [-0.39, 0.29) is 0 Å². The Bertz CT molecular complexity index is 189. The molecule has 1 heterocycles. The van der Waals surface area contributed by atoms with Crippen LogP contribution >= 0.6 is 0 Å². The monoisotopic (exact) mass is 271 g/mol. The molecule has 0 amide bonds. The third-order valence-electron chi connectivity index (χ3n) is 4.55. The Morgan fingerprint density at radius 3 is 2.00 bits per heavy atom. The Balaban J connectivity index is 0.000000741. The van der Waals surface area contributed by atoms with Crippen molar-refractivity contribution in [3.63, 3.8) is 0 Å². The molecule has 2 nitrogen and oxygen atoms in total. The topological polar surface area (TPSA) is 12.5 Å². The summed E-state index contributed by atoms with van der Waals surface area (Å²) in [6.07, 6.45) is 7.30. The Hall–Kier alpha value is -0.0800. The second kappa shape index (κ2) is 10.7. The lowest BCUT2D eigenvalue weighted by atomic mass is 9.57. The number of hydrogen-bond donors (Lipinski definition) is 0. The molecule has 0 aromatic heterocycles. The molecule has 1 spiro atoms. The number of piperidine rings is 1. The summed E-state index contributed by atoms with van der Waals surface area (Å²) in [6.45, 7) is 15.0. The van der Waals surface area contributed by atoms with Crippen LogP contribution in [0.5, 0.6) is 0 Å². The third-order valence-corrected chi connectivity index (χ3v) is 4.55. The molecule has 19 heavy (non-hydrogen) atoms. The van der Waals surface area contributed by atoms with Crippen LogP contribution in [0.15, 0.2) is 0 Å². The van der Waals surface area contributed by atoms with E-state index in [0.717, 1.165) is 24.5 Å². The van der Waals surface area contributed by atoms with Gasteiger partial charge in [0.2, 0.25) is 0 Å². The summed E-state index contributed by atoms with van der Waals surface area (Å²) in [5, 5.41) is 0. The van der Waals surface area contributed by atoms with E-state index in [9.17, 15) is 0 Å². The van der Waals surface area contributed by atoms with Crippen molar-refractivity contribution >= 4 is 0 Å². The minimum Gasteiger partial charge on any atom is -0.383 e. The van der Waals surface area contributed by atoms with Crippen molar-refractivity contribution in [2.24, 2.45) is 11.3 Å². The minimum absolute atomic E-state index is 0.768. The standard InChI is InChI=1S/C13H25NO.2C2H6/c1-3-12-10-13(11-12)4-6-14(7-5-13)8-9-15-2;2*1-2/h12H,3-11H2,1-2H3;2*1-2H3. The van der Waals surface area contributed by atoms with Crippen LogP contribution in [0.25, 0.3) is 0 Å². The normalized spacial score (nSPS) is 21.8. The fraction of sp³-hybridized carbons (Fsp3) is 1.00. The fourth-order valence-corrected chi connectivity index (χ4v) is 3.33. The molecule has 0 N–H and O–H groups in total. The first-order valence-electron chi connectivity index (χ1n) is 8.49. The van der Waals surface area contributed by atoms with E-state index in [2.05, 4.69) is 11.8 Å². The van der Waals surface area contributed by atoms with Gasteiger partial charge < -0.3 is 9.64 Å². The lowest BCUT2D eigenvalue weighted by Gasteiger charge is -2.52. The van der Waals surface area contributed by atoms with Crippen LogP contribution in [0.2, 0.25) is 0 Å². The molecule has 0 aromatic carbocycles. The van der Waals surface area contributed by atoms with Crippen molar-refractivity contribution in [3.8, 4) is 0 Å². The van der Waals surface area contributed by atoms with Crippen LogP contribution in [0.4, 0.5) is 0 Å². The van der Waals surface area contributed by atoms with Gasteiger partial charge in [0.25, 0.3) is 0 Å². The maximum Gasteiger partial charge on any atom is 0.0589 e. The van der Waals surface area contributed by atoms with Crippen molar-refractivity contribution in [1.82, 2.24) is 4.90 Å². The molecule has 2 rings (SSSR count). The molecule has 116 valence electrons. The Morgan fingerprint density at radius 1 is 1.05 bits per heavy atom. The molecule has 1 saturated carbocycles. The van der Waals surface area contributed by atoms with Crippen LogP contribution in [0.3, 0.4) is 0 Å². The van der Waals surface area contributed by atoms with E-state index in [0.29, 0.717) is 0 Å². The number of methoxy groups -OCH3 is 1. The number of likely N-dealkylation sites (tertiary alicyclic amines) is 1. The molecular weight excluding hydrogens is 234 g/mol. The molecule has 0 radical (unpaired) electrons. The maximum absolute atomic E-state index is 5.13. The van der Waals surface area contributed by atoms with Crippen LogP contribution in [-0.4, -0.2) is 38.3 Å². The first kappa shape index (κ1) is 18.9. The van der Waals surface area contributed by atoms with Gasteiger partial charge >= 0.3 is 0 Å². The van der Waals surface area contributed by atoms with Gasteiger partial charge in [0, 0.05) is 13.7 Å². The van der Waals surface area contributed by atoms with E-state index in [1.807, 2.05) is 27.7 Å². The summed E-state index contributed by atoms with van der Waals surface area (Å²) in [4.78, 5) is 2.56. The number of ether oxygens (including phenoxy) is 1. The van der Waals surface area contributed by atoms with Crippen molar-refractivity contribution in [3.05, 3.63) is 0 Å². The molecule has 1 saturated heterocycles. The molecule has 0 unspecified atom stereocenters. The molecule has 0 aromatic rings. The predicted octanol–water partition coefficient (Wildman–Crippen LogP) is 4.59. The Kier molecular flexibility index (Phi) is 10.6. The molecule has 2 aliphatic rings. The van der Waals surface area contributed by atoms with Crippen LogP contribution in [0.1, 0.15) is 66.7 Å². The molecule has 2 heteroatoms. The largest absolute Gasteiger partial charge is 0.383 e. The quantitative estimate of drug-likeness (QED) is 0.741. The summed E-state index contributed by atoms with van der Waals surface area (Å²) in [5.74, 6) is 1.05. The lowest BCUT2D eigenvalue weighted by Crippen LogP contribution is -2.47. The highest BCUT2D eigenvalue weighted by Gasteiger charge is 2.44. The van der Waals surface area contributed by atoms with E-state index < -0.39 is 0 Å². The summed E-state index contributed by atoms with van der Waals surface area (Å²) >= 11 is 0. The zero-order valence-corrected chi connectivity index (χ0v) is 14.3. The van der Waals surface area contributed by atoms with Crippen molar-refractivity contribution < 1.29 is 4.74 Å². The number of hydrogen-bond acceptors (Lipinski definition) is 2. The SMILES string of the molecule is CC.CC.CCC1CC2(CCN(CCOC)CC2)C1. The zero-order chi connectivity index (χ0) is 14.7. The smallest absolute Gasteiger partial charge is 0.0589 e. The molecule has 0 atom stereocenters. The van der Waals surface area contributed by atoms with Gasteiger partial charge in [-0.05, 0) is 50.1 Å². The average Bonchev–Trinajstić information content (AvgIpc) is 2.47. The first-order valence-corrected chi connectivity index (χ1v) is 8.49. The van der Waals surface area contributed by atoms with E-state index >= 15 is 0 Å². The molecular formula is C17H37NO. The highest BCUT2D eigenvalue weighted by atomic mass is 16.5. The summed E-state index contributed by atoms with van der Waals surface area (Å²) < 4.78 is 5.13. The van der Waals surface area contributed by atoms with Crippen molar-refractivity contribution in [2.45, 2.75) is 66.7 Å². The van der Waals surface area contributed by atoms with Gasteiger partial charge in [-0.25, -0.2) is 0 Å². The molecule has 1 aliphatic heterocycles. The molecule has 0 bridgehead atoms. The lowest BCUT2D eigenvalue weighted by molar-refractivity contribution is -0.0186. The van der Waals surface area contributed by atoms with E-state index in [4.69, 9.17) is 4.74 Å². The van der Waals surface area contributed by atoms with Crippen LogP contribution in [-0.2, 0) is 4.74 Å². The van der Waals surface area contributed by atoms with Crippen LogP contribution < -0.4 is 0 Å². The predicted molar refractivity (Wildman–Crippen MR) is 85.7 cm³/mol. The van der Waals surface area contributed by atoms with Crippen molar-refractivity contribution in [2.75, 3.05) is 33.4 Å². The second-order valence-corrected chi connectivity index (χ2v) is 5.52. The van der Waals surface area contributed by atoms with Gasteiger partial charge in [0.15, 0.2) is 0 Å². The highest BCUT2D eigenvalue weighted by molar-refractivity contribution is 4.96. The van der Waals surface area contributed by atoms with Gasteiger partial charge in [-0.2, -0.15) is 0 Å². The van der Waals surface area contributed by atoms with Gasteiger partial charge in [0.1, 0.15) is 0 Å². The summed E-state index contributed by atoms with van der Waals surface area (Å²) in [6, 6.07) is 0. The van der Waals surface area contributed by atoms with Crippen molar-refractivity contribution in [1.29, 1.82) is 0 Å². The maximum atomic E-state index is 5.13. The number of rotatable bonds is 4. The Labute approximate surface area is 121 Å². The van der Waals surface area contributed by atoms with Gasteiger partial charge in [-0.3, -0.25) is 0 Å². The van der Waals surface area contributed by atoms with Gasteiger partial charge in [-0.15, -0.1) is 0 Å². The first-order chi connectivity index (χ1) is 9.28. The number of nitrogens with zero attached hydrogens (tertiary/aromatic N) is 1. The molecule has 1 aliphatic carbocycles. The fourth-order valence-electron chi connectivity index (χ4n) is 3.33. The third kappa shape index (κ3) is 5.83. The van der Waals surface area contributed by atoms with E-state index in [1.165, 1.54) is 45.2 Å². The zero-order valence-electron chi connectivity index (χ0n) is 14.3. The second-order valence-electron chi connectivity index (χ2n) is 5.52. The average molecular weight is 271 g/mol. The van der Waals surface area contributed by atoms with Crippen LogP contribution in [0, 0.1) is 11.3 Å². The van der Waals surface area contributed by atoms with Gasteiger partial charge in [-0.1, -0.05) is 41.0 Å². The van der Waals surface area contributed by atoms with E-state index in [1.54, 1.807) is 7.11 Å².